The van der Waals surface area contributed by atoms with Crippen LogP contribution in [0.5, 0.6) is 5.75 Å². The van der Waals surface area contributed by atoms with Gasteiger partial charge in [-0.25, -0.2) is 8.42 Å². The molecule has 0 aliphatic heterocycles. The highest BCUT2D eigenvalue weighted by atomic mass is 35.7. The van der Waals surface area contributed by atoms with Crippen LogP contribution in [-0.2, 0) is 13.8 Å². The summed E-state index contributed by atoms with van der Waals surface area (Å²) < 4.78 is 28.3. The standard InChI is InChI=1S/C14H20ClNO4S/c1-5-9(2)8-13(17)16-11-6-10(3)7-12(14(11)20-4)21(15,18)19/h6-7,9H,5,8H2,1-4H3,(H,16,17). The zero-order chi connectivity index (χ0) is 16.2. The van der Waals surface area contributed by atoms with Gasteiger partial charge in [0.15, 0.2) is 5.75 Å². The molecule has 0 fully saturated rings. The molecule has 0 saturated heterocycles. The summed E-state index contributed by atoms with van der Waals surface area (Å²) in [6, 6.07) is 3.06. The van der Waals surface area contributed by atoms with Gasteiger partial charge in [0.2, 0.25) is 5.91 Å². The van der Waals surface area contributed by atoms with E-state index in [1.165, 1.54) is 13.2 Å². The third-order valence-electron chi connectivity index (χ3n) is 3.17. The minimum absolute atomic E-state index is 0.0492. The summed E-state index contributed by atoms with van der Waals surface area (Å²) in [6.07, 6.45) is 1.25. The highest BCUT2D eigenvalue weighted by molar-refractivity contribution is 8.13. The molecule has 0 aliphatic carbocycles. The van der Waals surface area contributed by atoms with Crippen LogP contribution in [0.4, 0.5) is 5.69 Å². The molecule has 0 saturated carbocycles. The molecule has 1 aromatic rings. The molecule has 7 heteroatoms. The summed E-state index contributed by atoms with van der Waals surface area (Å²) in [5.74, 6) is 0.108. The van der Waals surface area contributed by atoms with Crippen molar-refractivity contribution in [3.8, 4) is 5.75 Å². The number of carbonyl (C=O) groups excluding carboxylic acids is 1. The highest BCUT2D eigenvalue weighted by Crippen LogP contribution is 2.35. The maximum absolute atomic E-state index is 12.0. The first-order valence-corrected chi connectivity index (χ1v) is 8.93. The first kappa shape index (κ1) is 17.8. The Morgan fingerprint density at radius 1 is 1.43 bits per heavy atom. The Balaban J connectivity index is 3.18. The molecule has 1 rings (SSSR count). The largest absolute Gasteiger partial charge is 0.493 e. The molecule has 0 aromatic heterocycles. The molecule has 1 unspecified atom stereocenters. The lowest BCUT2D eigenvalue weighted by molar-refractivity contribution is -0.117. The average Bonchev–Trinajstić information content (AvgIpc) is 2.36. The van der Waals surface area contributed by atoms with Crippen LogP contribution in [0.2, 0.25) is 0 Å². The van der Waals surface area contributed by atoms with Crippen molar-refractivity contribution >= 4 is 31.3 Å². The Labute approximate surface area is 130 Å². The van der Waals surface area contributed by atoms with Crippen molar-refractivity contribution in [1.29, 1.82) is 0 Å². The minimum Gasteiger partial charge on any atom is -0.493 e. The molecule has 0 radical (unpaired) electrons. The Kier molecular flexibility index (Phi) is 6.04. The summed E-state index contributed by atoms with van der Waals surface area (Å²) in [6.45, 7) is 5.69. The number of ether oxygens (including phenoxy) is 1. The van der Waals surface area contributed by atoms with Gasteiger partial charge in [0, 0.05) is 17.1 Å². The Bertz CT molecular complexity index is 628. The van der Waals surface area contributed by atoms with Crippen molar-refractivity contribution in [2.45, 2.75) is 38.5 Å². The van der Waals surface area contributed by atoms with Gasteiger partial charge in [0.1, 0.15) is 4.90 Å². The molecule has 1 aromatic carbocycles. The number of hydrogen-bond donors (Lipinski definition) is 1. The Morgan fingerprint density at radius 2 is 2.05 bits per heavy atom. The van der Waals surface area contributed by atoms with E-state index < -0.39 is 9.05 Å². The lowest BCUT2D eigenvalue weighted by Gasteiger charge is -2.15. The number of methoxy groups -OCH3 is 1. The second kappa shape index (κ2) is 7.13. The molecule has 1 amide bonds. The number of benzene rings is 1. The van der Waals surface area contributed by atoms with Crippen LogP contribution >= 0.6 is 10.7 Å². The highest BCUT2D eigenvalue weighted by Gasteiger charge is 2.22. The summed E-state index contributed by atoms with van der Waals surface area (Å²) in [7, 11) is 2.78. The van der Waals surface area contributed by atoms with E-state index in [2.05, 4.69) is 5.32 Å². The lowest BCUT2D eigenvalue weighted by Crippen LogP contribution is -2.16. The molecular formula is C14H20ClNO4S. The fourth-order valence-corrected chi connectivity index (χ4v) is 2.97. The zero-order valence-electron chi connectivity index (χ0n) is 12.6. The van der Waals surface area contributed by atoms with E-state index in [1.54, 1.807) is 13.0 Å². The first-order valence-electron chi connectivity index (χ1n) is 6.62. The lowest BCUT2D eigenvalue weighted by atomic mass is 10.0. The summed E-state index contributed by atoms with van der Waals surface area (Å²) in [5, 5.41) is 2.69. The smallest absolute Gasteiger partial charge is 0.265 e. The summed E-state index contributed by atoms with van der Waals surface area (Å²) in [4.78, 5) is 11.8. The Hall–Kier alpha value is -1.27. The van der Waals surface area contributed by atoms with Crippen molar-refractivity contribution < 1.29 is 17.9 Å². The van der Waals surface area contributed by atoms with Gasteiger partial charge in [-0.15, -0.1) is 0 Å². The molecule has 0 bridgehead atoms. The van der Waals surface area contributed by atoms with Crippen LogP contribution in [0.1, 0.15) is 32.3 Å². The predicted octanol–water partition coefficient (Wildman–Crippen LogP) is 3.31. The topological polar surface area (TPSA) is 72.5 Å². The number of nitrogens with one attached hydrogen (secondary N) is 1. The van der Waals surface area contributed by atoms with Crippen molar-refractivity contribution in [2.24, 2.45) is 5.92 Å². The molecule has 21 heavy (non-hydrogen) atoms. The summed E-state index contributed by atoms with van der Waals surface area (Å²) in [5.41, 5.74) is 0.971. The summed E-state index contributed by atoms with van der Waals surface area (Å²) >= 11 is 0. The molecular weight excluding hydrogens is 314 g/mol. The van der Waals surface area contributed by atoms with E-state index in [1.807, 2.05) is 13.8 Å². The van der Waals surface area contributed by atoms with Gasteiger partial charge in [0.25, 0.3) is 9.05 Å². The second-order valence-electron chi connectivity index (χ2n) is 5.05. The molecule has 1 atom stereocenters. The maximum atomic E-state index is 12.0. The van der Waals surface area contributed by atoms with Crippen LogP contribution in [0, 0.1) is 12.8 Å². The van der Waals surface area contributed by atoms with Crippen molar-refractivity contribution in [2.75, 3.05) is 12.4 Å². The molecule has 0 aliphatic rings. The average molecular weight is 334 g/mol. The quantitative estimate of drug-likeness (QED) is 0.811. The van der Waals surface area contributed by atoms with Crippen LogP contribution in [-0.4, -0.2) is 21.4 Å². The monoisotopic (exact) mass is 333 g/mol. The normalized spacial score (nSPS) is 12.8. The van der Waals surface area contributed by atoms with Crippen molar-refractivity contribution in [3.05, 3.63) is 17.7 Å². The maximum Gasteiger partial charge on any atom is 0.265 e. The molecule has 1 N–H and O–H groups in total. The number of carbonyl (C=O) groups is 1. The number of rotatable bonds is 6. The van der Waals surface area contributed by atoms with E-state index in [0.717, 1.165) is 6.42 Å². The molecule has 5 nitrogen and oxygen atoms in total. The van der Waals surface area contributed by atoms with Gasteiger partial charge in [-0.05, 0) is 30.5 Å². The van der Waals surface area contributed by atoms with Gasteiger partial charge >= 0.3 is 0 Å². The van der Waals surface area contributed by atoms with E-state index in [9.17, 15) is 13.2 Å². The van der Waals surface area contributed by atoms with Crippen LogP contribution < -0.4 is 10.1 Å². The molecule has 118 valence electrons. The van der Waals surface area contributed by atoms with Crippen molar-refractivity contribution in [1.82, 2.24) is 0 Å². The van der Waals surface area contributed by atoms with Gasteiger partial charge in [-0.1, -0.05) is 20.3 Å². The minimum atomic E-state index is -3.96. The number of aryl methyl sites for hydroxylation is 1. The van der Waals surface area contributed by atoms with Gasteiger partial charge in [-0.2, -0.15) is 0 Å². The van der Waals surface area contributed by atoms with Gasteiger partial charge in [-0.3, -0.25) is 4.79 Å². The van der Waals surface area contributed by atoms with E-state index in [0.29, 0.717) is 17.7 Å². The van der Waals surface area contributed by atoms with Crippen LogP contribution in [0.3, 0.4) is 0 Å². The number of anilines is 1. The predicted molar refractivity (Wildman–Crippen MR) is 83.5 cm³/mol. The second-order valence-corrected chi connectivity index (χ2v) is 7.58. The fraction of sp³-hybridized carbons (Fsp3) is 0.500. The number of hydrogen-bond acceptors (Lipinski definition) is 4. The number of halogens is 1. The van der Waals surface area contributed by atoms with E-state index in [-0.39, 0.29) is 22.5 Å². The van der Waals surface area contributed by atoms with Crippen LogP contribution in [0.15, 0.2) is 17.0 Å². The van der Waals surface area contributed by atoms with Crippen LogP contribution in [0.25, 0.3) is 0 Å². The van der Waals surface area contributed by atoms with E-state index >= 15 is 0 Å². The third-order valence-corrected chi connectivity index (χ3v) is 4.50. The number of amides is 1. The van der Waals surface area contributed by atoms with E-state index in [4.69, 9.17) is 15.4 Å². The zero-order valence-corrected chi connectivity index (χ0v) is 14.1. The first-order chi connectivity index (χ1) is 9.68. The third kappa shape index (κ3) is 4.89. The van der Waals surface area contributed by atoms with Gasteiger partial charge in [0.05, 0.1) is 12.8 Å². The molecule has 0 spiro atoms. The SMILES string of the molecule is CCC(C)CC(=O)Nc1cc(C)cc(S(=O)(=O)Cl)c1OC. The van der Waals surface area contributed by atoms with Crippen molar-refractivity contribution in [3.63, 3.8) is 0 Å². The van der Waals surface area contributed by atoms with Gasteiger partial charge < -0.3 is 10.1 Å². The fourth-order valence-electron chi connectivity index (χ4n) is 1.89. The molecule has 0 heterocycles. The Morgan fingerprint density at radius 3 is 2.52 bits per heavy atom.